The van der Waals surface area contributed by atoms with E-state index in [9.17, 15) is 9.59 Å². The molecule has 0 aliphatic carbocycles. The van der Waals surface area contributed by atoms with Gasteiger partial charge in [0, 0.05) is 5.92 Å². The number of hydrogen-bond acceptors (Lipinski definition) is 3. The maximum atomic E-state index is 11.6. The molecule has 0 bridgehead atoms. The van der Waals surface area contributed by atoms with Crippen molar-refractivity contribution in [1.82, 2.24) is 5.32 Å². The lowest BCUT2D eigenvalue weighted by molar-refractivity contribution is -0.125. The van der Waals surface area contributed by atoms with Gasteiger partial charge in [0.25, 0.3) is 0 Å². The zero-order valence-corrected chi connectivity index (χ0v) is 10.5. The van der Waals surface area contributed by atoms with Crippen LogP contribution in [0.4, 0.5) is 0 Å². The predicted octanol–water partition coefficient (Wildman–Crippen LogP) is 2.48. The van der Waals surface area contributed by atoms with Crippen LogP contribution in [0.2, 0.25) is 0 Å². The van der Waals surface area contributed by atoms with Crippen LogP contribution in [0.1, 0.15) is 36.4 Å². The molecule has 0 aliphatic rings. The average molecular weight is 239 g/mol. The highest BCUT2D eigenvalue weighted by Crippen LogP contribution is 2.10. The largest absolute Gasteiger partial charge is 0.348 e. The molecule has 1 aromatic heterocycles. The molecule has 0 radical (unpaired) electrons. The van der Waals surface area contributed by atoms with Gasteiger partial charge in [-0.15, -0.1) is 11.3 Å². The van der Waals surface area contributed by atoms with Gasteiger partial charge < -0.3 is 5.32 Å². The zero-order chi connectivity index (χ0) is 12.0. The Hall–Kier alpha value is -1.16. The van der Waals surface area contributed by atoms with Crippen LogP contribution < -0.4 is 5.32 Å². The molecule has 0 unspecified atom stereocenters. The van der Waals surface area contributed by atoms with Gasteiger partial charge >= 0.3 is 0 Å². The van der Waals surface area contributed by atoms with Gasteiger partial charge in [-0.05, 0) is 24.3 Å². The lowest BCUT2D eigenvalue weighted by Crippen LogP contribution is -2.34. The average Bonchev–Trinajstić information content (AvgIpc) is 2.81. The van der Waals surface area contributed by atoms with Gasteiger partial charge in [-0.25, -0.2) is 0 Å². The Labute approximate surface area is 99.9 Å². The number of carbonyl (C=O) groups is 2. The van der Waals surface area contributed by atoms with Crippen molar-refractivity contribution in [2.24, 2.45) is 5.92 Å². The number of Topliss-reactive ketones (excluding diaryl/α,β-unsaturated/α-hetero) is 1. The summed E-state index contributed by atoms with van der Waals surface area (Å²) in [5, 5.41) is 4.55. The van der Waals surface area contributed by atoms with E-state index in [4.69, 9.17) is 0 Å². The lowest BCUT2D eigenvalue weighted by atomic mass is 10.0. The fourth-order valence-corrected chi connectivity index (χ4v) is 2.16. The highest BCUT2D eigenvalue weighted by atomic mass is 32.1. The molecule has 0 saturated carbocycles. The van der Waals surface area contributed by atoms with Crippen molar-refractivity contribution in [3.05, 3.63) is 22.4 Å². The number of ketones is 1. The molecular weight excluding hydrogens is 222 g/mol. The number of hydrogen-bond donors (Lipinski definition) is 1. The molecule has 1 aromatic rings. The molecule has 0 saturated heterocycles. The van der Waals surface area contributed by atoms with Gasteiger partial charge in [-0.2, -0.15) is 0 Å². The molecule has 4 heteroatoms. The van der Waals surface area contributed by atoms with Gasteiger partial charge in [-0.3, -0.25) is 9.59 Å². The van der Waals surface area contributed by atoms with E-state index in [-0.39, 0.29) is 24.2 Å². The van der Waals surface area contributed by atoms with Crippen LogP contribution in [0.15, 0.2) is 17.5 Å². The topological polar surface area (TPSA) is 46.2 Å². The Morgan fingerprint density at radius 3 is 2.56 bits per heavy atom. The van der Waals surface area contributed by atoms with Gasteiger partial charge in [0.05, 0.1) is 11.4 Å². The van der Waals surface area contributed by atoms with E-state index >= 15 is 0 Å². The van der Waals surface area contributed by atoms with Crippen molar-refractivity contribution in [3.8, 4) is 0 Å². The molecule has 0 spiro atoms. The zero-order valence-electron chi connectivity index (χ0n) is 9.66. The number of nitrogens with one attached hydrogen (secondary N) is 1. The highest BCUT2D eigenvalue weighted by Gasteiger charge is 2.15. The van der Waals surface area contributed by atoms with Crippen LogP contribution in [0.5, 0.6) is 0 Å². The molecule has 88 valence electrons. The summed E-state index contributed by atoms with van der Waals surface area (Å²) in [6.07, 6.45) is 1.63. The van der Waals surface area contributed by atoms with E-state index in [1.807, 2.05) is 25.3 Å². The summed E-state index contributed by atoms with van der Waals surface area (Å²) < 4.78 is 0. The monoisotopic (exact) mass is 239 g/mol. The summed E-state index contributed by atoms with van der Waals surface area (Å²) in [5.41, 5.74) is 0. The minimum Gasteiger partial charge on any atom is -0.348 e. The smallest absolute Gasteiger partial charge is 0.223 e. The maximum absolute atomic E-state index is 11.6. The van der Waals surface area contributed by atoms with E-state index in [1.165, 1.54) is 11.3 Å². The van der Waals surface area contributed by atoms with E-state index in [0.29, 0.717) is 4.88 Å². The Balaban J connectivity index is 2.40. The van der Waals surface area contributed by atoms with Gasteiger partial charge in [0.2, 0.25) is 5.91 Å². The summed E-state index contributed by atoms with van der Waals surface area (Å²) >= 11 is 1.40. The first kappa shape index (κ1) is 12.9. The van der Waals surface area contributed by atoms with Gasteiger partial charge in [-0.1, -0.05) is 19.9 Å². The van der Waals surface area contributed by atoms with Crippen molar-refractivity contribution in [3.63, 3.8) is 0 Å². The summed E-state index contributed by atoms with van der Waals surface area (Å²) in [7, 11) is 0. The molecule has 0 atom stereocenters. The molecule has 0 fully saturated rings. The Morgan fingerprint density at radius 2 is 2.06 bits per heavy atom. The van der Waals surface area contributed by atoms with Crippen molar-refractivity contribution in [1.29, 1.82) is 0 Å². The first-order valence-electron chi connectivity index (χ1n) is 5.53. The second-order valence-corrected chi connectivity index (χ2v) is 4.58. The van der Waals surface area contributed by atoms with Gasteiger partial charge in [0.1, 0.15) is 0 Å². The normalized spacial score (nSPS) is 10.4. The third kappa shape index (κ3) is 3.45. The highest BCUT2D eigenvalue weighted by molar-refractivity contribution is 7.12. The summed E-state index contributed by atoms with van der Waals surface area (Å²) in [5.74, 6) is -0.0136. The third-order valence-corrected chi connectivity index (χ3v) is 3.49. The number of carbonyl (C=O) groups excluding carboxylic acids is 2. The third-order valence-electron chi connectivity index (χ3n) is 2.58. The van der Waals surface area contributed by atoms with Crippen LogP contribution >= 0.6 is 11.3 Å². The molecule has 1 N–H and O–H groups in total. The van der Waals surface area contributed by atoms with E-state index in [2.05, 4.69) is 5.32 Å². The molecule has 1 heterocycles. The Morgan fingerprint density at radius 1 is 1.38 bits per heavy atom. The van der Waals surface area contributed by atoms with Gasteiger partial charge in [0.15, 0.2) is 5.78 Å². The fourth-order valence-electron chi connectivity index (χ4n) is 1.50. The van der Waals surface area contributed by atoms with E-state index < -0.39 is 0 Å². The second-order valence-electron chi connectivity index (χ2n) is 3.63. The number of thiophene rings is 1. The summed E-state index contributed by atoms with van der Waals surface area (Å²) in [4.78, 5) is 23.9. The molecule has 16 heavy (non-hydrogen) atoms. The molecule has 0 aliphatic heterocycles. The maximum Gasteiger partial charge on any atom is 0.223 e. The van der Waals surface area contributed by atoms with Crippen LogP contribution in [0.3, 0.4) is 0 Å². The van der Waals surface area contributed by atoms with E-state index in [0.717, 1.165) is 12.8 Å². The van der Waals surface area contributed by atoms with Crippen LogP contribution in [-0.4, -0.2) is 18.2 Å². The minimum atomic E-state index is -0.0192. The van der Waals surface area contributed by atoms with Crippen molar-refractivity contribution in [2.45, 2.75) is 26.7 Å². The van der Waals surface area contributed by atoms with E-state index in [1.54, 1.807) is 6.07 Å². The second kappa shape index (κ2) is 6.43. The quantitative estimate of drug-likeness (QED) is 0.775. The summed E-state index contributed by atoms with van der Waals surface area (Å²) in [6, 6.07) is 3.61. The SMILES string of the molecule is CCC(CC)C(=O)NCC(=O)c1cccs1. The first-order valence-corrected chi connectivity index (χ1v) is 6.41. The molecular formula is C12H17NO2S. The first-order chi connectivity index (χ1) is 7.69. The lowest BCUT2D eigenvalue weighted by Gasteiger charge is -2.11. The number of amides is 1. The van der Waals surface area contributed by atoms with Crippen molar-refractivity contribution >= 4 is 23.0 Å². The van der Waals surface area contributed by atoms with Crippen molar-refractivity contribution in [2.75, 3.05) is 6.54 Å². The van der Waals surface area contributed by atoms with Crippen LogP contribution in [0, 0.1) is 5.92 Å². The number of rotatable bonds is 6. The molecule has 0 aromatic carbocycles. The Bertz CT molecular complexity index is 342. The molecule has 1 amide bonds. The minimum absolute atomic E-state index is 0.0186. The van der Waals surface area contributed by atoms with Crippen LogP contribution in [0.25, 0.3) is 0 Å². The molecule has 3 nitrogen and oxygen atoms in total. The molecule has 1 rings (SSSR count). The van der Waals surface area contributed by atoms with Crippen molar-refractivity contribution < 1.29 is 9.59 Å². The fraction of sp³-hybridized carbons (Fsp3) is 0.500. The standard InChI is InChI=1S/C12H17NO2S/c1-3-9(4-2)12(15)13-8-10(14)11-6-5-7-16-11/h5-7,9H,3-4,8H2,1-2H3,(H,13,15). The summed E-state index contributed by atoms with van der Waals surface area (Å²) in [6.45, 7) is 4.07. The predicted molar refractivity (Wildman–Crippen MR) is 65.7 cm³/mol. The Kier molecular flexibility index (Phi) is 5.19. The van der Waals surface area contributed by atoms with Crippen LogP contribution in [-0.2, 0) is 4.79 Å².